The van der Waals surface area contributed by atoms with Crippen molar-refractivity contribution in [3.63, 3.8) is 0 Å². The second kappa shape index (κ2) is 9.00. The number of unbranched alkanes of at least 4 members (excludes halogenated alkanes) is 3. The minimum Gasteiger partial charge on any atom is -0.462 e. The number of aliphatic hydroxyl groups excluding tert-OH is 1. The van der Waals surface area contributed by atoms with Crippen LogP contribution in [0, 0.1) is 0 Å². The van der Waals surface area contributed by atoms with Crippen LogP contribution in [0.1, 0.15) is 52.4 Å². The summed E-state index contributed by atoms with van der Waals surface area (Å²) in [5, 5.41) is 8.76. The summed E-state index contributed by atoms with van der Waals surface area (Å²) in [7, 11) is 0. The third-order valence-electron chi connectivity index (χ3n) is 2.16. The van der Waals surface area contributed by atoms with Crippen LogP contribution in [0.5, 0.6) is 0 Å². The number of hydrogen-bond acceptors (Lipinski definition) is 3. The van der Waals surface area contributed by atoms with Crippen molar-refractivity contribution in [1.82, 2.24) is 0 Å². The maximum absolute atomic E-state index is 10.7. The standard InChI is InChI=1S/C11H22O3/c1-3-4-5-6-7-11(8-9-12)14-10(2)13/h11-12H,3-9H2,1-2H3. The average Bonchev–Trinajstić information content (AvgIpc) is 2.12. The Hall–Kier alpha value is -0.570. The van der Waals surface area contributed by atoms with Crippen LogP contribution in [0.15, 0.2) is 0 Å². The van der Waals surface area contributed by atoms with Crippen LogP contribution < -0.4 is 0 Å². The molecule has 3 heteroatoms. The van der Waals surface area contributed by atoms with E-state index < -0.39 is 0 Å². The van der Waals surface area contributed by atoms with Gasteiger partial charge < -0.3 is 9.84 Å². The lowest BCUT2D eigenvalue weighted by molar-refractivity contribution is -0.147. The summed E-state index contributed by atoms with van der Waals surface area (Å²) in [6.45, 7) is 3.67. The highest BCUT2D eigenvalue weighted by molar-refractivity contribution is 5.66. The van der Waals surface area contributed by atoms with E-state index in [0.717, 1.165) is 12.8 Å². The van der Waals surface area contributed by atoms with Gasteiger partial charge in [0.05, 0.1) is 0 Å². The van der Waals surface area contributed by atoms with Crippen LogP contribution in [0.2, 0.25) is 0 Å². The van der Waals surface area contributed by atoms with E-state index in [1.165, 1.54) is 26.2 Å². The molecule has 0 aliphatic rings. The molecule has 0 rings (SSSR count). The third-order valence-corrected chi connectivity index (χ3v) is 2.16. The Labute approximate surface area is 86.5 Å². The second-order valence-corrected chi connectivity index (χ2v) is 3.59. The molecule has 0 aliphatic carbocycles. The van der Waals surface area contributed by atoms with E-state index in [4.69, 9.17) is 9.84 Å². The molecule has 0 aromatic heterocycles. The highest BCUT2D eigenvalue weighted by Gasteiger charge is 2.10. The molecular weight excluding hydrogens is 180 g/mol. The molecule has 0 bridgehead atoms. The van der Waals surface area contributed by atoms with Crippen molar-refractivity contribution in [3.8, 4) is 0 Å². The summed E-state index contributed by atoms with van der Waals surface area (Å²) < 4.78 is 5.07. The van der Waals surface area contributed by atoms with E-state index in [1.54, 1.807) is 0 Å². The summed E-state index contributed by atoms with van der Waals surface area (Å²) in [5.74, 6) is -0.251. The van der Waals surface area contributed by atoms with Crippen LogP contribution in [0.4, 0.5) is 0 Å². The van der Waals surface area contributed by atoms with E-state index in [0.29, 0.717) is 6.42 Å². The maximum atomic E-state index is 10.7. The summed E-state index contributed by atoms with van der Waals surface area (Å²) >= 11 is 0. The van der Waals surface area contributed by atoms with Crippen LogP contribution in [-0.2, 0) is 9.53 Å². The molecule has 0 spiro atoms. The number of carbonyl (C=O) groups is 1. The van der Waals surface area contributed by atoms with Gasteiger partial charge in [-0.05, 0) is 12.8 Å². The van der Waals surface area contributed by atoms with Gasteiger partial charge in [-0.3, -0.25) is 4.79 Å². The Morgan fingerprint density at radius 1 is 1.29 bits per heavy atom. The van der Waals surface area contributed by atoms with Crippen molar-refractivity contribution in [2.24, 2.45) is 0 Å². The molecule has 0 radical (unpaired) electrons. The number of esters is 1. The molecule has 3 nitrogen and oxygen atoms in total. The second-order valence-electron chi connectivity index (χ2n) is 3.59. The number of rotatable bonds is 8. The summed E-state index contributed by atoms with van der Waals surface area (Å²) in [6, 6.07) is 0. The smallest absolute Gasteiger partial charge is 0.302 e. The van der Waals surface area contributed by atoms with Crippen molar-refractivity contribution >= 4 is 5.97 Å². The maximum Gasteiger partial charge on any atom is 0.302 e. The highest BCUT2D eigenvalue weighted by Crippen LogP contribution is 2.11. The SMILES string of the molecule is CCCCCCC(CCO)OC(C)=O. The lowest BCUT2D eigenvalue weighted by Crippen LogP contribution is -2.17. The quantitative estimate of drug-likeness (QED) is 0.485. The van der Waals surface area contributed by atoms with Crippen LogP contribution >= 0.6 is 0 Å². The topological polar surface area (TPSA) is 46.5 Å². The van der Waals surface area contributed by atoms with Gasteiger partial charge in [-0.1, -0.05) is 26.2 Å². The Bertz CT molecular complexity index is 145. The van der Waals surface area contributed by atoms with Crippen LogP contribution in [0.3, 0.4) is 0 Å². The number of carbonyl (C=O) groups excluding carboxylic acids is 1. The predicted molar refractivity (Wildman–Crippen MR) is 56.0 cm³/mol. The van der Waals surface area contributed by atoms with Crippen LogP contribution in [0.25, 0.3) is 0 Å². The number of ether oxygens (including phenoxy) is 1. The van der Waals surface area contributed by atoms with Gasteiger partial charge in [0.2, 0.25) is 0 Å². The molecule has 0 saturated carbocycles. The van der Waals surface area contributed by atoms with Crippen molar-refractivity contribution < 1.29 is 14.6 Å². The minimum absolute atomic E-state index is 0.0886. The Morgan fingerprint density at radius 3 is 2.50 bits per heavy atom. The first-order chi connectivity index (χ1) is 6.70. The van der Waals surface area contributed by atoms with Crippen molar-refractivity contribution in [2.75, 3.05) is 6.61 Å². The molecule has 0 aliphatic heterocycles. The lowest BCUT2D eigenvalue weighted by Gasteiger charge is -2.15. The summed E-state index contributed by atoms with van der Waals surface area (Å²) in [4.78, 5) is 10.7. The zero-order chi connectivity index (χ0) is 10.8. The molecule has 0 amide bonds. The first-order valence-electron chi connectivity index (χ1n) is 5.48. The number of aliphatic hydroxyl groups is 1. The minimum atomic E-state index is -0.251. The molecule has 1 unspecified atom stereocenters. The molecule has 84 valence electrons. The largest absolute Gasteiger partial charge is 0.462 e. The molecule has 0 aromatic carbocycles. The van der Waals surface area contributed by atoms with Crippen molar-refractivity contribution in [3.05, 3.63) is 0 Å². The third kappa shape index (κ3) is 8.05. The predicted octanol–water partition coefficient (Wildman–Crippen LogP) is 2.27. The van der Waals surface area contributed by atoms with Gasteiger partial charge in [-0.2, -0.15) is 0 Å². The number of hydrogen-bond donors (Lipinski definition) is 1. The average molecular weight is 202 g/mol. The van der Waals surface area contributed by atoms with Gasteiger partial charge in [0.25, 0.3) is 0 Å². The van der Waals surface area contributed by atoms with Gasteiger partial charge in [0.1, 0.15) is 6.10 Å². The Kier molecular flexibility index (Phi) is 8.64. The summed E-state index contributed by atoms with van der Waals surface area (Å²) in [6.07, 6.45) is 6.04. The zero-order valence-corrected chi connectivity index (χ0v) is 9.29. The zero-order valence-electron chi connectivity index (χ0n) is 9.29. The molecule has 14 heavy (non-hydrogen) atoms. The van der Waals surface area contributed by atoms with E-state index >= 15 is 0 Å². The van der Waals surface area contributed by atoms with Crippen molar-refractivity contribution in [1.29, 1.82) is 0 Å². The molecular formula is C11H22O3. The van der Waals surface area contributed by atoms with Gasteiger partial charge in [-0.15, -0.1) is 0 Å². The normalized spacial score (nSPS) is 12.5. The fraction of sp³-hybridized carbons (Fsp3) is 0.909. The van der Waals surface area contributed by atoms with Gasteiger partial charge in [-0.25, -0.2) is 0 Å². The van der Waals surface area contributed by atoms with Gasteiger partial charge in [0, 0.05) is 20.0 Å². The first-order valence-corrected chi connectivity index (χ1v) is 5.48. The monoisotopic (exact) mass is 202 g/mol. The lowest BCUT2D eigenvalue weighted by atomic mass is 10.1. The van der Waals surface area contributed by atoms with E-state index in [-0.39, 0.29) is 18.7 Å². The fourth-order valence-electron chi connectivity index (χ4n) is 1.44. The Balaban J connectivity index is 3.56. The first kappa shape index (κ1) is 13.4. The van der Waals surface area contributed by atoms with E-state index in [1.807, 2.05) is 0 Å². The summed E-state index contributed by atoms with van der Waals surface area (Å²) in [5.41, 5.74) is 0. The van der Waals surface area contributed by atoms with Crippen molar-refractivity contribution in [2.45, 2.75) is 58.5 Å². The molecule has 0 saturated heterocycles. The van der Waals surface area contributed by atoms with Crippen LogP contribution in [-0.4, -0.2) is 23.8 Å². The molecule has 0 fully saturated rings. The molecule has 1 N–H and O–H groups in total. The fourth-order valence-corrected chi connectivity index (χ4v) is 1.44. The molecule has 0 aromatic rings. The Morgan fingerprint density at radius 2 is 2.00 bits per heavy atom. The van der Waals surface area contributed by atoms with Gasteiger partial charge >= 0.3 is 5.97 Å². The molecule has 1 atom stereocenters. The van der Waals surface area contributed by atoms with E-state index in [9.17, 15) is 4.79 Å². The van der Waals surface area contributed by atoms with Gasteiger partial charge in [0.15, 0.2) is 0 Å². The molecule has 0 heterocycles. The van der Waals surface area contributed by atoms with E-state index in [2.05, 4.69) is 6.92 Å². The highest BCUT2D eigenvalue weighted by atomic mass is 16.5.